The second-order valence-corrected chi connectivity index (χ2v) is 7.18. The van der Waals surface area contributed by atoms with Gasteiger partial charge in [-0.05, 0) is 67.8 Å². The van der Waals surface area contributed by atoms with Crippen molar-refractivity contribution in [2.45, 2.75) is 20.3 Å². The van der Waals surface area contributed by atoms with Crippen molar-refractivity contribution in [2.24, 2.45) is 0 Å². The van der Waals surface area contributed by atoms with Crippen LogP contribution in [0.1, 0.15) is 22.4 Å². The van der Waals surface area contributed by atoms with E-state index in [1.54, 1.807) is 7.11 Å². The van der Waals surface area contributed by atoms with Crippen molar-refractivity contribution in [3.05, 3.63) is 95.2 Å². The predicted molar refractivity (Wildman–Crippen MR) is 117 cm³/mol. The molecular formula is C25H24N2O. The lowest BCUT2D eigenvalue weighted by Crippen LogP contribution is -1.96. The van der Waals surface area contributed by atoms with Gasteiger partial charge in [-0.2, -0.15) is 0 Å². The third-order valence-electron chi connectivity index (χ3n) is 4.91. The van der Waals surface area contributed by atoms with Crippen molar-refractivity contribution in [3.8, 4) is 5.75 Å². The van der Waals surface area contributed by atoms with Crippen LogP contribution < -0.4 is 10.1 Å². The minimum atomic E-state index is 0.828. The molecule has 3 nitrogen and oxygen atoms in total. The maximum atomic E-state index is 5.38. The Morgan fingerprint density at radius 2 is 1.50 bits per heavy atom. The van der Waals surface area contributed by atoms with Crippen LogP contribution >= 0.6 is 0 Å². The van der Waals surface area contributed by atoms with Gasteiger partial charge in [0.05, 0.1) is 12.6 Å². The summed E-state index contributed by atoms with van der Waals surface area (Å²) in [4.78, 5) is 4.62. The molecule has 0 spiro atoms. The van der Waals surface area contributed by atoms with Crippen LogP contribution in [0.4, 0.5) is 11.4 Å². The van der Waals surface area contributed by atoms with Crippen LogP contribution in [0.25, 0.3) is 10.9 Å². The van der Waals surface area contributed by atoms with Crippen molar-refractivity contribution in [2.75, 3.05) is 12.4 Å². The lowest BCUT2D eigenvalue weighted by atomic mass is 10.0. The first kappa shape index (κ1) is 18.1. The number of benzene rings is 3. The SMILES string of the molecule is COc1ccc2nc(C)cc(Nc3ccc(Cc4ccc(C)cc4)cc3)c2c1. The van der Waals surface area contributed by atoms with Crippen LogP contribution in [0.3, 0.4) is 0 Å². The number of hydrogen-bond acceptors (Lipinski definition) is 3. The first-order valence-corrected chi connectivity index (χ1v) is 9.47. The minimum Gasteiger partial charge on any atom is -0.497 e. The van der Waals surface area contributed by atoms with Crippen LogP contribution in [0.15, 0.2) is 72.8 Å². The normalized spacial score (nSPS) is 10.8. The number of hydrogen-bond donors (Lipinski definition) is 1. The van der Waals surface area contributed by atoms with E-state index in [0.29, 0.717) is 0 Å². The molecule has 1 N–H and O–H groups in total. The molecule has 0 saturated carbocycles. The number of methoxy groups -OCH3 is 1. The Bertz CT molecular complexity index is 1100. The van der Waals surface area contributed by atoms with Gasteiger partial charge in [0.2, 0.25) is 0 Å². The van der Waals surface area contributed by atoms with Crippen molar-refractivity contribution >= 4 is 22.3 Å². The summed E-state index contributed by atoms with van der Waals surface area (Å²) in [6.45, 7) is 4.13. The number of aryl methyl sites for hydroxylation is 2. The summed E-state index contributed by atoms with van der Waals surface area (Å²) in [6.07, 6.45) is 0.940. The van der Waals surface area contributed by atoms with E-state index in [-0.39, 0.29) is 0 Å². The molecule has 0 aliphatic rings. The molecule has 3 aromatic carbocycles. The summed E-state index contributed by atoms with van der Waals surface area (Å²) in [6, 6.07) is 25.4. The monoisotopic (exact) mass is 368 g/mol. The van der Waals surface area contributed by atoms with Gasteiger partial charge in [-0.25, -0.2) is 0 Å². The van der Waals surface area contributed by atoms with E-state index in [0.717, 1.165) is 40.1 Å². The Hall–Kier alpha value is -3.33. The number of anilines is 2. The van der Waals surface area contributed by atoms with Crippen LogP contribution in [-0.2, 0) is 6.42 Å². The van der Waals surface area contributed by atoms with Crippen LogP contribution in [-0.4, -0.2) is 12.1 Å². The van der Waals surface area contributed by atoms with Gasteiger partial charge in [0.15, 0.2) is 0 Å². The molecule has 0 fully saturated rings. The summed E-state index contributed by atoms with van der Waals surface area (Å²) >= 11 is 0. The highest BCUT2D eigenvalue weighted by Crippen LogP contribution is 2.29. The van der Waals surface area contributed by atoms with E-state index < -0.39 is 0 Å². The smallest absolute Gasteiger partial charge is 0.119 e. The van der Waals surface area contributed by atoms with E-state index in [1.807, 2.05) is 25.1 Å². The summed E-state index contributed by atoms with van der Waals surface area (Å²) < 4.78 is 5.38. The Morgan fingerprint density at radius 1 is 0.821 bits per heavy atom. The molecule has 1 heterocycles. The maximum absolute atomic E-state index is 5.38. The van der Waals surface area contributed by atoms with Gasteiger partial charge in [0.25, 0.3) is 0 Å². The minimum absolute atomic E-state index is 0.828. The van der Waals surface area contributed by atoms with E-state index in [4.69, 9.17) is 4.74 Å². The van der Waals surface area contributed by atoms with Gasteiger partial charge in [0.1, 0.15) is 5.75 Å². The van der Waals surface area contributed by atoms with Gasteiger partial charge in [-0.1, -0.05) is 42.0 Å². The van der Waals surface area contributed by atoms with Gasteiger partial charge in [0, 0.05) is 22.5 Å². The summed E-state index contributed by atoms with van der Waals surface area (Å²) in [5.74, 6) is 0.828. The zero-order valence-corrected chi connectivity index (χ0v) is 16.5. The second-order valence-electron chi connectivity index (χ2n) is 7.18. The van der Waals surface area contributed by atoms with Crippen LogP contribution in [0.5, 0.6) is 5.75 Å². The second kappa shape index (κ2) is 7.73. The van der Waals surface area contributed by atoms with E-state index >= 15 is 0 Å². The number of fused-ring (bicyclic) bond motifs is 1. The van der Waals surface area contributed by atoms with E-state index in [2.05, 4.69) is 71.8 Å². The van der Waals surface area contributed by atoms with Crippen LogP contribution in [0.2, 0.25) is 0 Å². The first-order valence-electron chi connectivity index (χ1n) is 9.47. The molecule has 3 heteroatoms. The van der Waals surface area contributed by atoms with Crippen LogP contribution in [0, 0.1) is 13.8 Å². The zero-order chi connectivity index (χ0) is 19.5. The number of nitrogens with one attached hydrogen (secondary N) is 1. The summed E-state index contributed by atoms with van der Waals surface area (Å²) in [5, 5.41) is 4.59. The Kier molecular flexibility index (Phi) is 4.98. The zero-order valence-electron chi connectivity index (χ0n) is 16.5. The largest absolute Gasteiger partial charge is 0.497 e. The number of nitrogens with zero attached hydrogens (tertiary/aromatic N) is 1. The standard InChI is InChI=1S/C25H24N2O/c1-17-4-6-19(7-5-17)15-20-8-10-21(11-9-20)27-25-14-18(2)26-24-13-12-22(28-3)16-23(24)25/h4-14,16H,15H2,1-3H3,(H,26,27). The maximum Gasteiger partial charge on any atom is 0.119 e. The highest BCUT2D eigenvalue weighted by molar-refractivity contribution is 5.94. The Morgan fingerprint density at radius 3 is 2.18 bits per heavy atom. The lowest BCUT2D eigenvalue weighted by Gasteiger charge is -2.12. The molecule has 0 saturated heterocycles. The average Bonchev–Trinajstić information content (AvgIpc) is 2.71. The average molecular weight is 368 g/mol. The summed E-state index contributed by atoms with van der Waals surface area (Å²) in [5.41, 5.74) is 7.95. The fraction of sp³-hybridized carbons (Fsp3) is 0.160. The highest BCUT2D eigenvalue weighted by atomic mass is 16.5. The van der Waals surface area contributed by atoms with Gasteiger partial charge in [-0.3, -0.25) is 4.98 Å². The Balaban J connectivity index is 1.58. The molecule has 0 aliphatic carbocycles. The van der Waals surface area contributed by atoms with Gasteiger partial charge in [-0.15, -0.1) is 0 Å². The molecule has 140 valence electrons. The molecular weight excluding hydrogens is 344 g/mol. The molecule has 1 aromatic heterocycles. The number of rotatable bonds is 5. The van der Waals surface area contributed by atoms with Gasteiger partial charge >= 0.3 is 0 Å². The van der Waals surface area contributed by atoms with Crippen molar-refractivity contribution in [1.82, 2.24) is 4.98 Å². The lowest BCUT2D eigenvalue weighted by molar-refractivity contribution is 0.415. The summed E-state index contributed by atoms with van der Waals surface area (Å²) in [7, 11) is 1.68. The first-order chi connectivity index (χ1) is 13.6. The third kappa shape index (κ3) is 3.99. The number of ether oxygens (including phenoxy) is 1. The Labute approximate surface area is 166 Å². The molecule has 0 aliphatic heterocycles. The molecule has 4 rings (SSSR count). The molecule has 28 heavy (non-hydrogen) atoms. The molecule has 0 unspecified atom stereocenters. The molecule has 0 atom stereocenters. The fourth-order valence-corrected chi connectivity index (χ4v) is 3.37. The highest BCUT2D eigenvalue weighted by Gasteiger charge is 2.07. The van der Waals surface area contributed by atoms with E-state index in [1.165, 1.54) is 16.7 Å². The predicted octanol–water partition coefficient (Wildman–Crippen LogP) is 6.19. The molecule has 0 bridgehead atoms. The van der Waals surface area contributed by atoms with E-state index in [9.17, 15) is 0 Å². The number of pyridine rings is 1. The molecule has 0 amide bonds. The molecule has 0 radical (unpaired) electrons. The van der Waals surface area contributed by atoms with Gasteiger partial charge < -0.3 is 10.1 Å². The number of aromatic nitrogens is 1. The quantitative estimate of drug-likeness (QED) is 0.456. The molecule has 4 aromatic rings. The topological polar surface area (TPSA) is 34.1 Å². The van der Waals surface area contributed by atoms with Crippen molar-refractivity contribution < 1.29 is 4.74 Å². The van der Waals surface area contributed by atoms with Crippen molar-refractivity contribution in [3.63, 3.8) is 0 Å². The fourth-order valence-electron chi connectivity index (χ4n) is 3.37. The van der Waals surface area contributed by atoms with Crippen molar-refractivity contribution in [1.29, 1.82) is 0 Å². The third-order valence-corrected chi connectivity index (χ3v) is 4.91.